The highest BCUT2D eigenvalue weighted by Crippen LogP contribution is 2.29. The quantitative estimate of drug-likeness (QED) is 0.770. The van der Waals surface area contributed by atoms with Crippen LogP contribution in [-0.2, 0) is 24.1 Å². The summed E-state index contributed by atoms with van der Waals surface area (Å²) < 4.78 is 43.6. The van der Waals surface area contributed by atoms with Gasteiger partial charge in [0.05, 0.1) is 21.7 Å². The summed E-state index contributed by atoms with van der Waals surface area (Å²) in [6.07, 6.45) is 0. The van der Waals surface area contributed by atoms with Crippen molar-refractivity contribution in [1.29, 1.82) is 0 Å². The number of sulfonamides is 1. The zero-order valence-electron chi connectivity index (χ0n) is 12.7. The number of nitrogens with one attached hydrogen (secondary N) is 1. The van der Waals surface area contributed by atoms with E-state index in [-0.39, 0.29) is 16.4 Å². The van der Waals surface area contributed by atoms with Crippen LogP contribution in [0.25, 0.3) is 11.0 Å². The van der Waals surface area contributed by atoms with Gasteiger partial charge >= 0.3 is 5.69 Å². The lowest BCUT2D eigenvalue weighted by molar-refractivity contribution is 0.570. The predicted octanol–water partition coefficient (Wildman–Crippen LogP) is 2.47. The first kappa shape index (κ1) is 16.5. The molecule has 3 rings (SSSR count). The van der Waals surface area contributed by atoms with E-state index in [0.717, 1.165) is 12.1 Å². The topological polar surface area (TPSA) is 73.1 Å². The van der Waals surface area contributed by atoms with E-state index in [1.165, 1.54) is 33.4 Å². The van der Waals surface area contributed by atoms with Gasteiger partial charge in [0.25, 0.3) is 10.0 Å². The maximum atomic E-state index is 13.8. The Morgan fingerprint density at radius 1 is 1.08 bits per heavy atom. The Bertz CT molecular complexity index is 1120. The molecule has 0 spiro atoms. The molecule has 6 nitrogen and oxygen atoms in total. The monoisotopic (exact) mass is 369 g/mol. The Morgan fingerprint density at radius 3 is 2.29 bits per heavy atom. The molecule has 2 aromatic carbocycles. The van der Waals surface area contributed by atoms with Crippen LogP contribution in [0.3, 0.4) is 0 Å². The number of fused-ring (bicyclic) bond motifs is 1. The third-order valence-corrected chi connectivity index (χ3v) is 5.44. The first-order chi connectivity index (χ1) is 11.2. The fourth-order valence-electron chi connectivity index (χ4n) is 2.46. The maximum Gasteiger partial charge on any atom is 0.328 e. The summed E-state index contributed by atoms with van der Waals surface area (Å²) in [6, 6.07) is 7.95. The van der Waals surface area contributed by atoms with Crippen molar-refractivity contribution in [3.8, 4) is 0 Å². The van der Waals surface area contributed by atoms with Crippen LogP contribution in [0.15, 0.2) is 46.1 Å². The average molecular weight is 370 g/mol. The van der Waals surface area contributed by atoms with Crippen molar-refractivity contribution in [1.82, 2.24) is 9.13 Å². The molecule has 0 fully saturated rings. The number of hydrogen-bond donors (Lipinski definition) is 1. The molecule has 0 saturated heterocycles. The van der Waals surface area contributed by atoms with Crippen molar-refractivity contribution in [2.75, 3.05) is 4.72 Å². The van der Waals surface area contributed by atoms with E-state index >= 15 is 0 Å². The van der Waals surface area contributed by atoms with E-state index in [4.69, 9.17) is 11.6 Å². The van der Waals surface area contributed by atoms with Crippen LogP contribution < -0.4 is 10.4 Å². The first-order valence-corrected chi connectivity index (χ1v) is 8.71. The first-order valence-electron chi connectivity index (χ1n) is 6.84. The second-order valence-electron chi connectivity index (χ2n) is 5.26. The third kappa shape index (κ3) is 2.57. The summed E-state index contributed by atoms with van der Waals surface area (Å²) in [5, 5.41) is 0.101. The summed E-state index contributed by atoms with van der Waals surface area (Å²) in [7, 11) is -1.00. The summed E-state index contributed by atoms with van der Waals surface area (Å²) >= 11 is 6.12. The van der Waals surface area contributed by atoms with Crippen LogP contribution >= 0.6 is 11.6 Å². The Labute approximate surface area is 142 Å². The number of aryl methyl sites for hydroxylation is 2. The van der Waals surface area contributed by atoms with Gasteiger partial charge < -0.3 is 0 Å². The molecule has 0 atom stereocenters. The molecule has 0 aliphatic heterocycles. The predicted molar refractivity (Wildman–Crippen MR) is 90.4 cm³/mol. The van der Waals surface area contributed by atoms with Crippen molar-refractivity contribution < 1.29 is 12.8 Å². The molecule has 0 saturated carbocycles. The molecular weight excluding hydrogens is 357 g/mol. The summed E-state index contributed by atoms with van der Waals surface area (Å²) in [5.41, 5.74) is 0.850. The van der Waals surface area contributed by atoms with Gasteiger partial charge in [-0.2, -0.15) is 0 Å². The molecule has 0 amide bonds. The molecule has 0 aliphatic carbocycles. The number of imidazole rings is 1. The third-order valence-electron chi connectivity index (χ3n) is 3.73. The van der Waals surface area contributed by atoms with Gasteiger partial charge in [0.15, 0.2) is 0 Å². The second-order valence-corrected chi connectivity index (χ2v) is 7.32. The van der Waals surface area contributed by atoms with Crippen LogP contribution in [0.2, 0.25) is 5.02 Å². The number of nitrogens with zero attached hydrogens (tertiary/aromatic N) is 2. The van der Waals surface area contributed by atoms with Crippen molar-refractivity contribution in [2.45, 2.75) is 4.90 Å². The van der Waals surface area contributed by atoms with Crippen molar-refractivity contribution in [2.24, 2.45) is 14.1 Å². The molecule has 9 heteroatoms. The SMILES string of the molecule is Cn1c(=O)n(C)c2cc(NS(=O)(=O)c3ccccc3F)c(Cl)cc21. The van der Waals surface area contributed by atoms with Gasteiger partial charge in [-0.15, -0.1) is 0 Å². The lowest BCUT2D eigenvalue weighted by Gasteiger charge is -2.11. The highest BCUT2D eigenvalue weighted by Gasteiger charge is 2.21. The van der Waals surface area contributed by atoms with Gasteiger partial charge in [0.2, 0.25) is 0 Å². The molecule has 0 aliphatic rings. The fourth-order valence-corrected chi connectivity index (χ4v) is 3.87. The van der Waals surface area contributed by atoms with E-state index in [0.29, 0.717) is 11.0 Å². The molecule has 1 aromatic heterocycles. The second kappa shape index (κ2) is 5.64. The number of aromatic nitrogens is 2. The molecule has 1 N–H and O–H groups in total. The van der Waals surface area contributed by atoms with Gasteiger partial charge in [-0.3, -0.25) is 13.9 Å². The van der Waals surface area contributed by atoms with Crippen molar-refractivity contribution >= 4 is 38.3 Å². The Kier molecular flexibility index (Phi) is 3.89. The average Bonchev–Trinajstić information content (AvgIpc) is 2.72. The minimum atomic E-state index is -4.15. The van der Waals surface area contributed by atoms with Crippen molar-refractivity contribution in [3.05, 3.63) is 57.7 Å². The highest BCUT2D eigenvalue weighted by molar-refractivity contribution is 7.92. The van der Waals surface area contributed by atoms with Crippen LogP contribution in [0, 0.1) is 5.82 Å². The van der Waals surface area contributed by atoms with Gasteiger partial charge in [-0.25, -0.2) is 17.6 Å². The molecule has 126 valence electrons. The minimum absolute atomic E-state index is 0.0635. The van der Waals surface area contributed by atoms with Gasteiger partial charge in [0, 0.05) is 14.1 Å². The molecular formula is C15H13ClFN3O3S. The molecule has 24 heavy (non-hydrogen) atoms. The molecule has 0 bridgehead atoms. The number of benzene rings is 2. The Morgan fingerprint density at radius 2 is 1.67 bits per heavy atom. The van der Waals surface area contributed by atoms with Gasteiger partial charge in [-0.1, -0.05) is 23.7 Å². The molecule has 0 unspecified atom stereocenters. The number of halogens is 2. The maximum absolute atomic E-state index is 13.8. The van der Waals surface area contributed by atoms with E-state index < -0.39 is 20.7 Å². The van der Waals surface area contributed by atoms with Crippen LogP contribution in [-0.4, -0.2) is 17.6 Å². The molecule has 0 radical (unpaired) electrons. The van der Waals surface area contributed by atoms with Crippen molar-refractivity contribution in [3.63, 3.8) is 0 Å². The smallest absolute Gasteiger partial charge is 0.295 e. The fraction of sp³-hybridized carbons (Fsp3) is 0.133. The van der Waals surface area contributed by atoms with E-state index in [1.807, 2.05) is 0 Å². The van der Waals surface area contributed by atoms with Gasteiger partial charge in [-0.05, 0) is 24.3 Å². The van der Waals surface area contributed by atoms with Crippen LogP contribution in [0.5, 0.6) is 0 Å². The largest absolute Gasteiger partial charge is 0.328 e. The van der Waals surface area contributed by atoms with E-state index in [2.05, 4.69) is 4.72 Å². The van der Waals surface area contributed by atoms with Crippen LogP contribution in [0.1, 0.15) is 0 Å². The molecule has 3 aromatic rings. The minimum Gasteiger partial charge on any atom is -0.295 e. The Balaban J connectivity index is 2.14. The van der Waals surface area contributed by atoms with E-state index in [1.54, 1.807) is 14.1 Å². The zero-order valence-corrected chi connectivity index (χ0v) is 14.3. The van der Waals surface area contributed by atoms with Gasteiger partial charge in [0.1, 0.15) is 10.7 Å². The summed E-state index contributed by atoms with van der Waals surface area (Å²) in [6.45, 7) is 0. The standard InChI is InChI=1S/C15H13ClFN3O3S/c1-19-12-7-9(16)11(8-13(12)20(2)15(19)21)18-24(22,23)14-6-4-3-5-10(14)17/h3-8,18H,1-2H3. The lowest BCUT2D eigenvalue weighted by Crippen LogP contribution is -2.19. The molecule has 1 heterocycles. The van der Waals surface area contributed by atoms with Crippen LogP contribution in [0.4, 0.5) is 10.1 Å². The number of rotatable bonds is 3. The number of anilines is 1. The van der Waals surface area contributed by atoms with E-state index in [9.17, 15) is 17.6 Å². The summed E-state index contributed by atoms with van der Waals surface area (Å²) in [5.74, 6) is -0.866. The highest BCUT2D eigenvalue weighted by atomic mass is 35.5. The summed E-state index contributed by atoms with van der Waals surface area (Å²) in [4.78, 5) is 11.5. The normalized spacial score (nSPS) is 11.8. The number of hydrogen-bond acceptors (Lipinski definition) is 3. The lowest BCUT2D eigenvalue weighted by atomic mass is 10.3. The Hall–Kier alpha value is -2.32. The zero-order chi connectivity index (χ0) is 17.6.